The lowest BCUT2D eigenvalue weighted by Crippen LogP contribution is -2.41. The fourth-order valence-corrected chi connectivity index (χ4v) is 3.33. The van der Waals surface area contributed by atoms with Crippen molar-refractivity contribution in [2.24, 2.45) is 0 Å². The highest BCUT2D eigenvalue weighted by atomic mass is 32.2. The quantitative estimate of drug-likeness (QED) is 0.731. The summed E-state index contributed by atoms with van der Waals surface area (Å²) >= 11 is 0. The first kappa shape index (κ1) is 21.7. The molecule has 0 saturated carbocycles. The molecule has 0 aliphatic carbocycles. The van der Waals surface area contributed by atoms with Crippen LogP contribution in [0.2, 0.25) is 0 Å². The van der Waals surface area contributed by atoms with E-state index >= 15 is 0 Å². The molecule has 0 fully saturated rings. The molecule has 152 valence electrons. The van der Waals surface area contributed by atoms with Gasteiger partial charge in [0.15, 0.2) is 0 Å². The van der Waals surface area contributed by atoms with Crippen molar-refractivity contribution >= 4 is 21.6 Å². The molecule has 2 aromatic rings. The van der Waals surface area contributed by atoms with Crippen LogP contribution < -0.4 is 9.62 Å². The SMILES string of the molecule is C[C@@H](NC(=O)CN(c1ccc(C(F)(F)F)cc1)S(C)(=O)=O)c1ccc(F)cc1. The van der Waals surface area contributed by atoms with E-state index in [-0.39, 0.29) is 5.69 Å². The summed E-state index contributed by atoms with van der Waals surface area (Å²) < 4.78 is 75.8. The van der Waals surface area contributed by atoms with E-state index < -0.39 is 46.1 Å². The standard InChI is InChI=1S/C18H18F4N2O3S/c1-12(13-3-7-15(19)8-4-13)23-17(25)11-24(28(2,26)27)16-9-5-14(6-10-16)18(20,21)22/h3-10,12H,11H2,1-2H3,(H,23,25)/t12-/m1/s1. The lowest BCUT2D eigenvalue weighted by atomic mass is 10.1. The van der Waals surface area contributed by atoms with Gasteiger partial charge in [-0.1, -0.05) is 12.1 Å². The molecule has 0 spiro atoms. The zero-order valence-corrected chi connectivity index (χ0v) is 15.8. The molecule has 28 heavy (non-hydrogen) atoms. The number of halogens is 4. The number of benzene rings is 2. The molecule has 0 saturated heterocycles. The largest absolute Gasteiger partial charge is 0.416 e. The number of rotatable bonds is 6. The van der Waals surface area contributed by atoms with E-state index in [1.54, 1.807) is 6.92 Å². The number of nitrogens with zero attached hydrogens (tertiary/aromatic N) is 1. The lowest BCUT2D eigenvalue weighted by Gasteiger charge is -2.23. The zero-order chi connectivity index (χ0) is 21.1. The molecule has 0 aliphatic rings. The molecule has 2 rings (SSSR count). The highest BCUT2D eigenvalue weighted by Gasteiger charge is 2.31. The fourth-order valence-electron chi connectivity index (χ4n) is 2.47. The van der Waals surface area contributed by atoms with Crippen molar-refractivity contribution in [1.82, 2.24) is 5.32 Å². The number of carbonyl (C=O) groups excluding carboxylic acids is 1. The van der Waals surface area contributed by atoms with Crippen LogP contribution in [-0.4, -0.2) is 27.1 Å². The molecule has 1 amide bonds. The smallest absolute Gasteiger partial charge is 0.348 e. The maximum atomic E-state index is 13.0. The van der Waals surface area contributed by atoms with Gasteiger partial charge in [-0.3, -0.25) is 9.10 Å². The first-order valence-corrected chi connectivity index (χ1v) is 9.92. The average Bonchev–Trinajstić information content (AvgIpc) is 2.58. The van der Waals surface area contributed by atoms with E-state index in [1.807, 2.05) is 0 Å². The topological polar surface area (TPSA) is 66.5 Å². The Hall–Kier alpha value is -2.62. The molecule has 10 heteroatoms. The monoisotopic (exact) mass is 418 g/mol. The van der Waals surface area contributed by atoms with Crippen LogP contribution >= 0.6 is 0 Å². The number of carbonyl (C=O) groups is 1. The molecule has 0 heterocycles. The Morgan fingerprint density at radius 1 is 1.07 bits per heavy atom. The van der Waals surface area contributed by atoms with Crippen molar-refractivity contribution in [3.8, 4) is 0 Å². The Kier molecular flexibility index (Phi) is 6.33. The molecular weight excluding hydrogens is 400 g/mol. The summed E-state index contributed by atoms with van der Waals surface area (Å²) in [5, 5.41) is 2.58. The van der Waals surface area contributed by atoms with Crippen LogP contribution in [0.1, 0.15) is 24.1 Å². The van der Waals surface area contributed by atoms with Crippen molar-refractivity contribution in [2.45, 2.75) is 19.1 Å². The minimum atomic E-state index is -4.56. The van der Waals surface area contributed by atoms with Gasteiger partial charge in [0.2, 0.25) is 15.9 Å². The number of nitrogens with one attached hydrogen (secondary N) is 1. The van der Waals surface area contributed by atoms with E-state index in [2.05, 4.69) is 5.32 Å². The average molecular weight is 418 g/mol. The third-order valence-corrected chi connectivity index (χ3v) is 5.06. The van der Waals surface area contributed by atoms with Crippen LogP contribution in [0.5, 0.6) is 0 Å². The molecule has 0 radical (unpaired) electrons. The maximum Gasteiger partial charge on any atom is 0.416 e. The van der Waals surface area contributed by atoms with E-state index in [0.29, 0.717) is 9.87 Å². The summed E-state index contributed by atoms with van der Waals surface area (Å²) in [6.07, 6.45) is -3.71. The Labute approximate surface area is 160 Å². The maximum absolute atomic E-state index is 13.0. The summed E-state index contributed by atoms with van der Waals surface area (Å²) in [6.45, 7) is 1.02. The molecule has 0 bridgehead atoms. The summed E-state index contributed by atoms with van der Waals surface area (Å²) in [4.78, 5) is 12.3. The van der Waals surface area contributed by atoms with Gasteiger partial charge in [-0.15, -0.1) is 0 Å². The van der Waals surface area contributed by atoms with Crippen LogP contribution in [-0.2, 0) is 21.0 Å². The van der Waals surface area contributed by atoms with Crippen LogP contribution in [0.25, 0.3) is 0 Å². The number of hydrogen-bond acceptors (Lipinski definition) is 3. The van der Waals surface area contributed by atoms with E-state index in [4.69, 9.17) is 0 Å². The number of hydrogen-bond donors (Lipinski definition) is 1. The molecule has 1 N–H and O–H groups in total. The van der Waals surface area contributed by atoms with Gasteiger partial charge < -0.3 is 5.32 Å². The minimum absolute atomic E-state index is 0.0694. The number of alkyl halides is 3. The van der Waals surface area contributed by atoms with Crippen molar-refractivity contribution in [3.05, 3.63) is 65.5 Å². The van der Waals surface area contributed by atoms with Crippen LogP contribution in [0, 0.1) is 5.82 Å². The van der Waals surface area contributed by atoms with Gasteiger partial charge in [0, 0.05) is 0 Å². The Morgan fingerprint density at radius 3 is 2.07 bits per heavy atom. The van der Waals surface area contributed by atoms with Gasteiger partial charge in [0.25, 0.3) is 0 Å². The second-order valence-corrected chi connectivity index (χ2v) is 8.06. The van der Waals surface area contributed by atoms with Crippen molar-refractivity contribution in [1.29, 1.82) is 0 Å². The van der Waals surface area contributed by atoms with Gasteiger partial charge in [0.1, 0.15) is 12.4 Å². The van der Waals surface area contributed by atoms with Gasteiger partial charge in [-0.05, 0) is 48.9 Å². The summed E-state index contributed by atoms with van der Waals surface area (Å²) in [5.74, 6) is -1.10. The first-order chi connectivity index (χ1) is 12.9. The fraction of sp³-hybridized carbons (Fsp3) is 0.278. The molecule has 0 aliphatic heterocycles. The normalized spacial score (nSPS) is 13.1. The lowest BCUT2D eigenvalue weighted by molar-refractivity contribution is -0.137. The Morgan fingerprint density at radius 2 is 1.61 bits per heavy atom. The third-order valence-electron chi connectivity index (χ3n) is 3.92. The van der Waals surface area contributed by atoms with Crippen molar-refractivity contribution in [3.63, 3.8) is 0 Å². The summed E-state index contributed by atoms with van der Waals surface area (Å²) in [5.41, 5.74) is -0.394. The second-order valence-electron chi connectivity index (χ2n) is 6.16. The highest BCUT2D eigenvalue weighted by Crippen LogP contribution is 2.31. The number of sulfonamides is 1. The van der Waals surface area contributed by atoms with Crippen LogP contribution in [0.4, 0.5) is 23.2 Å². The molecule has 2 aromatic carbocycles. The van der Waals surface area contributed by atoms with Gasteiger partial charge >= 0.3 is 6.18 Å². The first-order valence-electron chi connectivity index (χ1n) is 8.08. The minimum Gasteiger partial charge on any atom is -0.348 e. The van der Waals surface area contributed by atoms with Crippen molar-refractivity contribution in [2.75, 3.05) is 17.1 Å². The highest BCUT2D eigenvalue weighted by molar-refractivity contribution is 7.92. The zero-order valence-electron chi connectivity index (χ0n) is 15.0. The molecule has 5 nitrogen and oxygen atoms in total. The predicted molar refractivity (Wildman–Crippen MR) is 96.6 cm³/mol. The molecular formula is C18H18F4N2O3S. The van der Waals surface area contributed by atoms with Crippen LogP contribution in [0.3, 0.4) is 0 Å². The number of amides is 1. The van der Waals surface area contributed by atoms with E-state index in [1.165, 1.54) is 24.3 Å². The molecule has 0 unspecified atom stereocenters. The van der Waals surface area contributed by atoms with Gasteiger partial charge in [-0.2, -0.15) is 13.2 Å². The third kappa shape index (κ3) is 5.69. The van der Waals surface area contributed by atoms with Gasteiger partial charge in [0.05, 0.1) is 23.5 Å². The van der Waals surface area contributed by atoms with Gasteiger partial charge in [-0.25, -0.2) is 12.8 Å². The molecule has 0 aromatic heterocycles. The number of anilines is 1. The summed E-state index contributed by atoms with van der Waals surface area (Å²) in [6, 6.07) is 8.34. The molecule has 1 atom stereocenters. The second kappa shape index (κ2) is 8.17. The van der Waals surface area contributed by atoms with E-state index in [0.717, 1.165) is 30.5 Å². The van der Waals surface area contributed by atoms with Crippen LogP contribution in [0.15, 0.2) is 48.5 Å². The Bertz CT molecular complexity index is 927. The predicted octanol–water partition coefficient (Wildman–Crippen LogP) is 3.49. The Balaban J connectivity index is 2.16. The van der Waals surface area contributed by atoms with E-state index in [9.17, 15) is 30.8 Å². The summed E-state index contributed by atoms with van der Waals surface area (Å²) in [7, 11) is -3.93. The van der Waals surface area contributed by atoms with Crippen molar-refractivity contribution < 1.29 is 30.8 Å².